The highest BCUT2D eigenvalue weighted by atomic mass is 16.2. The molecule has 0 radical (unpaired) electrons. The van der Waals surface area contributed by atoms with Gasteiger partial charge in [0.25, 0.3) is 5.91 Å². The maximum absolute atomic E-state index is 11.7. The predicted molar refractivity (Wildman–Crippen MR) is 66.9 cm³/mol. The van der Waals surface area contributed by atoms with Crippen LogP contribution in [0.4, 0.5) is 5.95 Å². The van der Waals surface area contributed by atoms with Gasteiger partial charge in [0.2, 0.25) is 17.7 Å². The number of amides is 2. The van der Waals surface area contributed by atoms with Gasteiger partial charge in [0.1, 0.15) is 0 Å². The molecule has 0 unspecified atom stereocenters. The van der Waals surface area contributed by atoms with Crippen molar-refractivity contribution in [2.45, 2.75) is 6.54 Å². The Bertz CT molecular complexity index is 621. The molecule has 2 amide bonds. The van der Waals surface area contributed by atoms with Crippen LogP contribution >= 0.6 is 0 Å². The fraction of sp³-hybridized carbons (Fsp3) is 0.0909. The summed E-state index contributed by atoms with van der Waals surface area (Å²) in [5.41, 5.74) is 11.6. The minimum atomic E-state index is -0.517. The fourth-order valence-electron chi connectivity index (χ4n) is 1.48. The number of nitrogen functional groups attached to an aromatic ring is 1. The molecule has 0 saturated carbocycles. The zero-order chi connectivity index (χ0) is 13.8. The standard InChI is InChI=1S/C11H12N6O2/c12-8(18)7-3-1-2-6(4-7)5-14-10(19)9-15-11(13)17-16-9/h1-4H,5H2,(H2,12,18)(H,14,19)(H3,13,15,16,17). The van der Waals surface area contributed by atoms with Crippen molar-refractivity contribution >= 4 is 17.8 Å². The molecule has 0 aliphatic heterocycles. The molecule has 0 atom stereocenters. The number of carbonyl (C=O) groups is 2. The first-order chi connectivity index (χ1) is 9.06. The third-order valence-corrected chi connectivity index (χ3v) is 2.38. The predicted octanol–water partition coefficient (Wildman–Crippen LogP) is -0.584. The van der Waals surface area contributed by atoms with Crippen LogP contribution in [0, 0.1) is 0 Å². The maximum atomic E-state index is 11.7. The SMILES string of the molecule is NC(=O)c1cccc(CNC(=O)c2nc(N)n[nH]2)c1. The Morgan fingerprint density at radius 1 is 1.37 bits per heavy atom. The van der Waals surface area contributed by atoms with Crippen LogP contribution in [0.1, 0.15) is 26.5 Å². The fourth-order valence-corrected chi connectivity index (χ4v) is 1.48. The molecule has 19 heavy (non-hydrogen) atoms. The summed E-state index contributed by atoms with van der Waals surface area (Å²) in [5, 5.41) is 8.56. The highest BCUT2D eigenvalue weighted by Gasteiger charge is 2.10. The topological polar surface area (TPSA) is 140 Å². The summed E-state index contributed by atoms with van der Waals surface area (Å²) in [6, 6.07) is 6.66. The largest absolute Gasteiger partial charge is 0.366 e. The molecule has 0 spiro atoms. The number of primary amides is 1. The molecule has 0 aliphatic rings. The lowest BCUT2D eigenvalue weighted by Crippen LogP contribution is -2.24. The van der Waals surface area contributed by atoms with Crippen LogP contribution in [-0.2, 0) is 6.54 Å². The van der Waals surface area contributed by atoms with Gasteiger partial charge in [-0.25, -0.2) is 0 Å². The van der Waals surface area contributed by atoms with E-state index in [9.17, 15) is 9.59 Å². The summed E-state index contributed by atoms with van der Waals surface area (Å²) in [7, 11) is 0. The van der Waals surface area contributed by atoms with Crippen molar-refractivity contribution < 1.29 is 9.59 Å². The molecule has 0 aliphatic carbocycles. The molecule has 2 aromatic rings. The summed E-state index contributed by atoms with van der Waals surface area (Å²) >= 11 is 0. The second-order valence-corrected chi connectivity index (χ2v) is 3.79. The van der Waals surface area contributed by atoms with Crippen molar-refractivity contribution in [3.05, 3.63) is 41.2 Å². The molecule has 6 N–H and O–H groups in total. The van der Waals surface area contributed by atoms with E-state index in [4.69, 9.17) is 11.5 Å². The zero-order valence-electron chi connectivity index (χ0n) is 9.88. The Hall–Kier alpha value is -2.90. The normalized spacial score (nSPS) is 10.1. The van der Waals surface area contributed by atoms with Crippen LogP contribution in [0.5, 0.6) is 0 Å². The average molecular weight is 260 g/mol. The van der Waals surface area contributed by atoms with E-state index >= 15 is 0 Å². The van der Waals surface area contributed by atoms with Crippen LogP contribution < -0.4 is 16.8 Å². The molecule has 1 heterocycles. The minimum absolute atomic E-state index is 0.000811. The van der Waals surface area contributed by atoms with Crippen molar-refractivity contribution in [3.63, 3.8) is 0 Å². The number of hydrogen-bond acceptors (Lipinski definition) is 5. The van der Waals surface area contributed by atoms with Crippen LogP contribution in [-0.4, -0.2) is 27.0 Å². The zero-order valence-corrected chi connectivity index (χ0v) is 9.88. The highest BCUT2D eigenvalue weighted by Crippen LogP contribution is 2.04. The van der Waals surface area contributed by atoms with E-state index in [1.54, 1.807) is 24.3 Å². The first-order valence-corrected chi connectivity index (χ1v) is 5.41. The van der Waals surface area contributed by atoms with Crippen molar-refractivity contribution in [1.82, 2.24) is 20.5 Å². The second kappa shape index (κ2) is 5.17. The van der Waals surface area contributed by atoms with E-state index in [1.165, 1.54) is 0 Å². The Balaban J connectivity index is 2.01. The van der Waals surface area contributed by atoms with E-state index < -0.39 is 11.8 Å². The molecular formula is C11H12N6O2. The van der Waals surface area contributed by atoms with Gasteiger partial charge in [-0.3, -0.25) is 14.7 Å². The monoisotopic (exact) mass is 260 g/mol. The van der Waals surface area contributed by atoms with Crippen LogP contribution in [0.2, 0.25) is 0 Å². The molecule has 1 aromatic heterocycles. The lowest BCUT2D eigenvalue weighted by atomic mass is 10.1. The van der Waals surface area contributed by atoms with E-state index in [0.29, 0.717) is 5.56 Å². The number of hydrogen-bond donors (Lipinski definition) is 4. The average Bonchev–Trinajstić information content (AvgIpc) is 2.83. The number of nitrogens with zero attached hydrogens (tertiary/aromatic N) is 2. The van der Waals surface area contributed by atoms with E-state index in [0.717, 1.165) is 5.56 Å². The summed E-state index contributed by atoms with van der Waals surface area (Å²) in [6.07, 6.45) is 0. The quantitative estimate of drug-likeness (QED) is 0.582. The molecule has 2 rings (SSSR count). The van der Waals surface area contributed by atoms with E-state index in [-0.39, 0.29) is 18.3 Å². The third-order valence-electron chi connectivity index (χ3n) is 2.38. The smallest absolute Gasteiger partial charge is 0.288 e. The van der Waals surface area contributed by atoms with Crippen molar-refractivity contribution in [1.29, 1.82) is 0 Å². The van der Waals surface area contributed by atoms with Crippen LogP contribution in [0.3, 0.4) is 0 Å². The summed E-state index contributed by atoms with van der Waals surface area (Å²) in [6.45, 7) is 0.237. The van der Waals surface area contributed by atoms with Gasteiger partial charge in [0.05, 0.1) is 0 Å². The van der Waals surface area contributed by atoms with Crippen molar-refractivity contribution in [2.24, 2.45) is 5.73 Å². The molecule has 0 bridgehead atoms. The van der Waals surface area contributed by atoms with Gasteiger partial charge >= 0.3 is 0 Å². The molecule has 0 saturated heterocycles. The summed E-state index contributed by atoms with van der Waals surface area (Å²) < 4.78 is 0. The number of nitrogens with one attached hydrogen (secondary N) is 2. The van der Waals surface area contributed by atoms with Gasteiger partial charge in [-0.15, -0.1) is 5.10 Å². The lowest BCUT2D eigenvalue weighted by molar-refractivity contribution is 0.0940. The van der Waals surface area contributed by atoms with Crippen molar-refractivity contribution in [2.75, 3.05) is 5.73 Å². The first-order valence-electron chi connectivity index (χ1n) is 5.41. The molecule has 98 valence electrons. The number of H-pyrrole nitrogens is 1. The van der Waals surface area contributed by atoms with Crippen LogP contribution in [0.15, 0.2) is 24.3 Å². The first kappa shape index (κ1) is 12.6. The minimum Gasteiger partial charge on any atom is -0.366 e. The Morgan fingerprint density at radius 3 is 2.79 bits per heavy atom. The van der Waals surface area contributed by atoms with Gasteiger partial charge in [-0.1, -0.05) is 12.1 Å². The molecule has 8 nitrogen and oxygen atoms in total. The third kappa shape index (κ3) is 3.06. The Morgan fingerprint density at radius 2 is 2.16 bits per heavy atom. The molecule has 0 fully saturated rings. The Labute approximate surface area is 108 Å². The van der Waals surface area contributed by atoms with Gasteiger partial charge in [-0.05, 0) is 17.7 Å². The molecule has 8 heteroatoms. The number of nitrogens with two attached hydrogens (primary N) is 2. The van der Waals surface area contributed by atoms with Gasteiger partial charge in [-0.2, -0.15) is 4.98 Å². The number of benzene rings is 1. The summed E-state index contributed by atoms with van der Waals surface area (Å²) in [4.78, 5) is 26.4. The highest BCUT2D eigenvalue weighted by molar-refractivity contribution is 5.93. The van der Waals surface area contributed by atoms with Crippen LogP contribution in [0.25, 0.3) is 0 Å². The van der Waals surface area contributed by atoms with Gasteiger partial charge in [0.15, 0.2) is 0 Å². The Kier molecular flexibility index (Phi) is 3.42. The number of anilines is 1. The number of aromatic nitrogens is 3. The van der Waals surface area contributed by atoms with Gasteiger partial charge < -0.3 is 16.8 Å². The lowest BCUT2D eigenvalue weighted by Gasteiger charge is -2.04. The summed E-state index contributed by atoms with van der Waals surface area (Å²) in [5.74, 6) is -0.922. The van der Waals surface area contributed by atoms with E-state index in [1.807, 2.05) is 0 Å². The number of aromatic amines is 1. The van der Waals surface area contributed by atoms with Gasteiger partial charge in [0, 0.05) is 12.1 Å². The van der Waals surface area contributed by atoms with E-state index in [2.05, 4.69) is 20.5 Å². The molecular weight excluding hydrogens is 248 g/mol. The van der Waals surface area contributed by atoms with Crippen molar-refractivity contribution in [3.8, 4) is 0 Å². The second-order valence-electron chi connectivity index (χ2n) is 3.79. The number of rotatable bonds is 4. The maximum Gasteiger partial charge on any atom is 0.288 e. The molecule has 1 aromatic carbocycles. The number of carbonyl (C=O) groups excluding carboxylic acids is 2.